The van der Waals surface area contributed by atoms with Crippen LogP contribution in [0.3, 0.4) is 0 Å². The Kier molecular flexibility index (Phi) is 4.40. The summed E-state index contributed by atoms with van der Waals surface area (Å²) in [6.45, 7) is 7.75. The van der Waals surface area contributed by atoms with E-state index in [0.29, 0.717) is 12.1 Å². The van der Waals surface area contributed by atoms with Crippen molar-refractivity contribution in [2.75, 3.05) is 24.5 Å². The van der Waals surface area contributed by atoms with E-state index in [0.717, 1.165) is 31.0 Å². The molecule has 1 aromatic heterocycles. The Balaban J connectivity index is 1.70. The summed E-state index contributed by atoms with van der Waals surface area (Å²) in [4.78, 5) is 14.2. The first-order chi connectivity index (χ1) is 10.1. The van der Waals surface area contributed by atoms with Gasteiger partial charge in [-0.2, -0.15) is 0 Å². The van der Waals surface area contributed by atoms with Crippen molar-refractivity contribution in [3.63, 3.8) is 0 Å². The minimum atomic E-state index is 0.157. The molecule has 0 bridgehead atoms. The average molecular weight is 289 g/mol. The fourth-order valence-corrected chi connectivity index (χ4v) is 3.60. The molecule has 0 aromatic carbocycles. The van der Waals surface area contributed by atoms with Gasteiger partial charge in [0.05, 0.1) is 0 Å². The monoisotopic (exact) mass is 289 g/mol. The van der Waals surface area contributed by atoms with Crippen LogP contribution < -0.4 is 10.6 Å². The first-order valence-corrected chi connectivity index (χ1v) is 8.20. The highest BCUT2D eigenvalue weighted by Crippen LogP contribution is 2.26. The summed E-state index contributed by atoms with van der Waals surface area (Å²) in [6, 6.07) is 1.32. The first kappa shape index (κ1) is 14.7. The number of anilines is 1. The van der Waals surface area contributed by atoms with Crippen LogP contribution in [0.5, 0.6) is 0 Å². The first-order valence-electron chi connectivity index (χ1n) is 8.20. The molecule has 2 N–H and O–H groups in total. The molecule has 0 amide bonds. The third-order valence-electron chi connectivity index (χ3n) is 4.69. The normalized spacial score (nSPS) is 28.2. The lowest BCUT2D eigenvalue weighted by atomic mass is 9.97. The van der Waals surface area contributed by atoms with E-state index in [4.69, 9.17) is 5.73 Å². The molecule has 1 aromatic rings. The highest BCUT2D eigenvalue weighted by molar-refractivity contribution is 5.33. The van der Waals surface area contributed by atoms with Gasteiger partial charge in [-0.1, -0.05) is 6.42 Å². The summed E-state index contributed by atoms with van der Waals surface area (Å²) in [5.74, 6) is 0.876. The van der Waals surface area contributed by atoms with Crippen LogP contribution in [0.1, 0.15) is 38.7 Å². The van der Waals surface area contributed by atoms with Crippen molar-refractivity contribution in [1.82, 2.24) is 14.9 Å². The van der Waals surface area contributed by atoms with Gasteiger partial charge < -0.3 is 10.6 Å². The largest absolute Gasteiger partial charge is 0.335 e. The number of rotatable bonds is 3. The van der Waals surface area contributed by atoms with Gasteiger partial charge in [-0.3, -0.25) is 4.90 Å². The lowest BCUT2D eigenvalue weighted by Crippen LogP contribution is -2.59. The summed E-state index contributed by atoms with van der Waals surface area (Å²) in [5.41, 5.74) is 6.95. The quantitative estimate of drug-likeness (QED) is 0.912. The van der Waals surface area contributed by atoms with Gasteiger partial charge >= 0.3 is 0 Å². The smallest absolute Gasteiger partial charge is 0.225 e. The predicted molar refractivity (Wildman–Crippen MR) is 85.4 cm³/mol. The fourth-order valence-electron chi connectivity index (χ4n) is 3.60. The standard InChI is InChI=1S/C16H27N5/c1-12(17)7-14-8-18-16(19-9-14)21-11-15-5-3-4-6-20(15)10-13(21)2/h8-9,12-13,15H,3-7,10-11,17H2,1-2H3. The van der Waals surface area contributed by atoms with E-state index in [-0.39, 0.29) is 6.04 Å². The molecule has 3 heterocycles. The maximum atomic E-state index is 5.83. The van der Waals surface area contributed by atoms with Crippen molar-refractivity contribution in [3.05, 3.63) is 18.0 Å². The maximum Gasteiger partial charge on any atom is 0.225 e. The number of hydrogen-bond donors (Lipinski definition) is 1. The predicted octanol–water partition coefficient (Wildman–Crippen LogP) is 1.43. The van der Waals surface area contributed by atoms with E-state index in [2.05, 4.69) is 26.7 Å². The molecule has 5 heteroatoms. The highest BCUT2D eigenvalue weighted by atomic mass is 15.4. The molecule has 116 valence electrons. The van der Waals surface area contributed by atoms with Gasteiger partial charge in [0.25, 0.3) is 0 Å². The third-order valence-corrected chi connectivity index (χ3v) is 4.69. The van der Waals surface area contributed by atoms with Gasteiger partial charge in [-0.25, -0.2) is 9.97 Å². The number of aromatic nitrogens is 2. The molecule has 0 radical (unpaired) electrons. The van der Waals surface area contributed by atoms with E-state index in [9.17, 15) is 0 Å². The Hall–Kier alpha value is -1.20. The van der Waals surface area contributed by atoms with Crippen molar-refractivity contribution >= 4 is 5.95 Å². The second-order valence-electron chi connectivity index (χ2n) is 6.72. The third kappa shape index (κ3) is 3.35. The number of piperazine rings is 1. The second-order valence-corrected chi connectivity index (χ2v) is 6.72. The minimum Gasteiger partial charge on any atom is -0.335 e. The second kappa shape index (κ2) is 6.28. The van der Waals surface area contributed by atoms with Crippen LogP contribution in [-0.4, -0.2) is 52.6 Å². The van der Waals surface area contributed by atoms with Gasteiger partial charge in [0, 0.05) is 43.6 Å². The van der Waals surface area contributed by atoms with Gasteiger partial charge in [0.2, 0.25) is 5.95 Å². The zero-order valence-electron chi connectivity index (χ0n) is 13.2. The molecule has 3 atom stereocenters. The van der Waals surface area contributed by atoms with E-state index in [1.54, 1.807) is 0 Å². The number of hydrogen-bond acceptors (Lipinski definition) is 5. The Labute approximate surface area is 127 Å². The van der Waals surface area contributed by atoms with E-state index < -0.39 is 0 Å². The molecule has 2 saturated heterocycles. The summed E-state index contributed by atoms with van der Waals surface area (Å²) in [6.07, 6.45) is 8.73. The summed E-state index contributed by atoms with van der Waals surface area (Å²) >= 11 is 0. The zero-order valence-corrected chi connectivity index (χ0v) is 13.2. The van der Waals surface area contributed by atoms with Crippen LogP contribution >= 0.6 is 0 Å². The van der Waals surface area contributed by atoms with Crippen molar-refractivity contribution in [1.29, 1.82) is 0 Å². The van der Waals surface area contributed by atoms with Gasteiger partial charge in [0.1, 0.15) is 0 Å². The van der Waals surface area contributed by atoms with E-state index in [1.165, 1.54) is 25.8 Å². The van der Waals surface area contributed by atoms with Crippen molar-refractivity contribution < 1.29 is 0 Å². The van der Waals surface area contributed by atoms with Crippen LogP contribution in [0.25, 0.3) is 0 Å². The Bertz CT molecular complexity index is 458. The number of nitrogens with two attached hydrogens (primary N) is 1. The fraction of sp³-hybridized carbons (Fsp3) is 0.750. The zero-order chi connectivity index (χ0) is 14.8. The van der Waals surface area contributed by atoms with Crippen LogP contribution in [0.2, 0.25) is 0 Å². The number of nitrogens with zero attached hydrogens (tertiary/aromatic N) is 4. The van der Waals surface area contributed by atoms with Gasteiger partial charge in [0.15, 0.2) is 0 Å². The Morgan fingerprint density at radius 1 is 1.29 bits per heavy atom. The van der Waals surface area contributed by atoms with Crippen LogP contribution in [0.15, 0.2) is 12.4 Å². The molecular formula is C16H27N5. The van der Waals surface area contributed by atoms with Crippen molar-refractivity contribution in [2.45, 2.75) is 57.7 Å². The summed E-state index contributed by atoms with van der Waals surface area (Å²) < 4.78 is 0. The van der Waals surface area contributed by atoms with Crippen molar-refractivity contribution in [3.8, 4) is 0 Å². The SMILES string of the molecule is CC(N)Cc1cnc(N2CC3CCCCN3CC2C)nc1. The van der Waals surface area contributed by atoms with Gasteiger partial charge in [-0.15, -0.1) is 0 Å². The summed E-state index contributed by atoms with van der Waals surface area (Å²) in [7, 11) is 0. The lowest BCUT2D eigenvalue weighted by molar-refractivity contribution is 0.115. The molecule has 2 aliphatic heterocycles. The topological polar surface area (TPSA) is 58.3 Å². The molecule has 3 unspecified atom stereocenters. The Morgan fingerprint density at radius 3 is 2.76 bits per heavy atom. The molecule has 0 spiro atoms. The molecule has 2 aliphatic rings. The van der Waals surface area contributed by atoms with E-state index >= 15 is 0 Å². The molecule has 5 nitrogen and oxygen atoms in total. The molecular weight excluding hydrogens is 262 g/mol. The van der Waals surface area contributed by atoms with Gasteiger partial charge in [-0.05, 0) is 45.2 Å². The van der Waals surface area contributed by atoms with Crippen LogP contribution in [0.4, 0.5) is 5.95 Å². The average Bonchev–Trinajstić information content (AvgIpc) is 2.47. The number of piperidine rings is 1. The molecule has 3 rings (SSSR count). The molecule has 0 saturated carbocycles. The van der Waals surface area contributed by atoms with Crippen LogP contribution in [-0.2, 0) is 6.42 Å². The Morgan fingerprint density at radius 2 is 2.05 bits per heavy atom. The molecule has 0 aliphatic carbocycles. The highest BCUT2D eigenvalue weighted by Gasteiger charge is 2.33. The van der Waals surface area contributed by atoms with E-state index in [1.807, 2.05) is 19.3 Å². The maximum absolute atomic E-state index is 5.83. The van der Waals surface area contributed by atoms with Crippen LogP contribution in [0, 0.1) is 0 Å². The number of fused-ring (bicyclic) bond motifs is 1. The lowest BCUT2D eigenvalue weighted by Gasteiger charge is -2.47. The summed E-state index contributed by atoms with van der Waals surface area (Å²) in [5, 5.41) is 0. The molecule has 21 heavy (non-hydrogen) atoms. The van der Waals surface area contributed by atoms with Crippen molar-refractivity contribution in [2.24, 2.45) is 5.73 Å². The molecule has 2 fully saturated rings. The minimum absolute atomic E-state index is 0.157.